The van der Waals surface area contributed by atoms with Crippen LogP contribution < -0.4 is 10.5 Å². The Morgan fingerprint density at radius 2 is 2.29 bits per heavy atom. The van der Waals surface area contributed by atoms with Crippen LogP contribution in [0.3, 0.4) is 0 Å². The average molecular weight is 193 g/mol. The maximum atomic E-state index is 11.6. The molecule has 0 saturated heterocycles. The van der Waals surface area contributed by atoms with E-state index in [0.29, 0.717) is 24.3 Å². The summed E-state index contributed by atoms with van der Waals surface area (Å²) in [5, 5.41) is 0. The Labute approximate surface area is 83.9 Å². The lowest BCUT2D eigenvalue weighted by atomic mass is 10.1. The Hall–Kier alpha value is -1.35. The number of ketones is 1. The molecule has 0 radical (unpaired) electrons. The standard InChI is InChI=1S/C11H15NO2/c1-14-10-5-2-4-9(8-10)11(13)6-3-7-12/h2,4-5,8H,3,6-7,12H2,1H3. The number of ether oxygens (including phenoxy) is 1. The largest absolute Gasteiger partial charge is 0.497 e. The van der Waals surface area contributed by atoms with E-state index >= 15 is 0 Å². The number of carbonyl (C=O) groups is 1. The van der Waals surface area contributed by atoms with Crippen LogP contribution in [0.1, 0.15) is 23.2 Å². The summed E-state index contributed by atoms with van der Waals surface area (Å²) in [7, 11) is 1.59. The zero-order valence-corrected chi connectivity index (χ0v) is 8.32. The minimum atomic E-state index is 0.120. The second-order valence-electron chi connectivity index (χ2n) is 3.05. The van der Waals surface area contributed by atoms with E-state index in [1.165, 1.54) is 0 Å². The minimum Gasteiger partial charge on any atom is -0.497 e. The molecule has 0 aromatic heterocycles. The molecule has 0 aliphatic carbocycles. The summed E-state index contributed by atoms with van der Waals surface area (Å²) < 4.78 is 5.03. The summed E-state index contributed by atoms with van der Waals surface area (Å²) >= 11 is 0. The van der Waals surface area contributed by atoms with Gasteiger partial charge in [0, 0.05) is 12.0 Å². The molecule has 0 aliphatic heterocycles. The van der Waals surface area contributed by atoms with Crippen molar-refractivity contribution >= 4 is 5.78 Å². The van der Waals surface area contributed by atoms with Crippen molar-refractivity contribution in [2.45, 2.75) is 12.8 Å². The highest BCUT2D eigenvalue weighted by atomic mass is 16.5. The number of methoxy groups -OCH3 is 1. The molecular formula is C11H15NO2. The van der Waals surface area contributed by atoms with E-state index in [9.17, 15) is 4.79 Å². The quantitative estimate of drug-likeness (QED) is 0.723. The van der Waals surface area contributed by atoms with Crippen molar-refractivity contribution in [2.75, 3.05) is 13.7 Å². The van der Waals surface area contributed by atoms with Crippen LogP contribution in [0.25, 0.3) is 0 Å². The Kier molecular flexibility index (Phi) is 4.13. The van der Waals surface area contributed by atoms with Gasteiger partial charge >= 0.3 is 0 Å². The van der Waals surface area contributed by atoms with Crippen molar-refractivity contribution < 1.29 is 9.53 Å². The van der Waals surface area contributed by atoms with Crippen LogP contribution in [0.2, 0.25) is 0 Å². The Morgan fingerprint density at radius 1 is 1.50 bits per heavy atom. The molecule has 3 heteroatoms. The number of Topliss-reactive ketones (excluding diaryl/α,β-unsaturated/α-hetero) is 1. The van der Waals surface area contributed by atoms with E-state index in [-0.39, 0.29) is 5.78 Å². The predicted molar refractivity (Wildman–Crippen MR) is 55.6 cm³/mol. The third kappa shape index (κ3) is 2.85. The highest BCUT2D eigenvalue weighted by Gasteiger charge is 2.05. The van der Waals surface area contributed by atoms with Gasteiger partial charge in [-0.15, -0.1) is 0 Å². The van der Waals surface area contributed by atoms with Crippen LogP contribution >= 0.6 is 0 Å². The molecule has 76 valence electrons. The van der Waals surface area contributed by atoms with Crippen LogP contribution in [-0.2, 0) is 0 Å². The number of hydrogen-bond acceptors (Lipinski definition) is 3. The molecule has 1 aromatic rings. The molecule has 2 N–H and O–H groups in total. The summed E-state index contributed by atoms with van der Waals surface area (Å²) in [6, 6.07) is 7.18. The molecule has 0 atom stereocenters. The van der Waals surface area contributed by atoms with Crippen LogP contribution in [-0.4, -0.2) is 19.4 Å². The monoisotopic (exact) mass is 193 g/mol. The summed E-state index contributed by atoms with van der Waals surface area (Å²) in [5.74, 6) is 0.831. The Bertz CT molecular complexity index is 310. The predicted octanol–water partition coefficient (Wildman–Crippen LogP) is 1.62. The lowest BCUT2D eigenvalue weighted by Crippen LogP contribution is -2.04. The second-order valence-corrected chi connectivity index (χ2v) is 3.05. The van der Waals surface area contributed by atoms with E-state index in [1.54, 1.807) is 19.2 Å². The van der Waals surface area contributed by atoms with Gasteiger partial charge < -0.3 is 10.5 Å². The van der Waals surface area contributed by atoms with E-state index in [1.807, 2.05) is 12.1 Å². The lowest BCUT2D eigenvalue weighted by Gasteiger charge is -2.02. The summed E-state index contributed by atoms with van der Waals surface area (Å²) in [6.07, 6.45) is 1.24. The van der Waals surface area contributed by atoms with E-state index in [0.717, 1.165) is 6.42 Å². The molecule has 0 saturated carbocycles. The normalized spacial score (nSPS) is 9.86. The molecule has 1 aromatic carbocycles. The van der Waals surface area contributed by atoms with Gasteiger partial charge in [0.25, 0.3) is 0 Å². The summed E-state index contributed by atoms with van der Waals surface area (Å²) in [4.78, 5) is 11.6. The molecular weight excluding hydrogens is 178 g/mol. The lowest BCUT2D eigenvalue weighted by molar-refractivity contribution is 0.0980. The minimum absolute atomic E-state index is 0.120. The first-order valence-corrected chi connectivity index (χ1v) is 4.65. The fourth-order valence-corrected chi connectivity index (χ4v) is 1.20. The van der Waals surface area contributed by atoms with E-state index < -0.39 is 0 Å². The highest BCUT2D eigenvalue weighted by molar-refractivity contribution is 5.96. The molecule has 14 heavy (non-hydrogen) atoms. The topological polar surface area (TPSA) is 52.3 Å². The molecule has 0 spiro atoms. The van der Waals surface area contributed by atoms with Crippen molar-refractivity contribution in [1.82, 2.24) is 0 Å². The van der Waals surface area contributed by atoms with Crippen molar-refractivity contribution in [3.8, 4) is 5.75 Å². The number of benzene rings is 1. The first-order valence-electron chi connectivity index (χ1n) is 4.65. The molecule has 0 bridgehead atoms. The zero-order chi connectivity index (χ0) is 10.4. The molecule has 0 unspecified atom stereocenters. The van der Waals surface area contributed by atoms with Gasteiger partial charge in [0.1, 0.15) is 5.75 Å². The van der Waals surface area contributed by atoms with Crippen LogP contribution in [0.4, 0.5) is 0 Å². The fourth-order valence-electron chi connectivity index (χ4n) is 1.20. The third-order valence-corrected chi connectivity index (χ3v) is 2.00. The second kappa shape index (κ2) is 5.40. The third-order valence-electron chi connectivity index (χ3n) is 2.00. The van der Waals surface area contributed by atoms with Crippen molar-refractivity contribution in [3.63, 3.8) is 0 Å². The maximum Gasteiger partial charge on any atom is 0.163 e. The van der Waals surface area contributed by atoms with E-state index in [4.69, 9.17) is 10.5 Å². The number of carbonyl (C=O) groups excluding carboxylic acids is 1. The molecule has 1 rings (SSSR count). The zero-order valence-electron chi connectivity index (χ0n) is 8.32. The number of hydrogen-bond donors (Lipinski definition) is 1. The molecule has 0 amide bonds. The van der Waals surface area contributed by atoms with Gasteiger partial charge in [-0.05, 0) is 25.1 Å². The molecule has 0 fully saturated rings. The van der Waals surface area contributed by atoms with Crippen molar-refractivity contribution in [2.24, 2.45) is 5.73 Å². The number of rotatable bonds is 5. The molecule has 0 heterocycles. The highest BCUT2D eigenvalue weighted by Crippen LogP contribution is 2.14. The maximum absolute atomic E-state index is 11.6. The van der Waals surface area contributed by atoms with Crippen molar-refractivity contribution in [1.29, 1.82) is 0 Å². The van der Waals surface area contributed by atoms with Crippen molar-refractivity contribution in [3.05, 3.63) is 29.8 Å². The smallest absolute Gasteiger partial charge is 0.163 e. The van der Waals surface area contributed by atoms with Gasteiger partial charge in [-0.1, -0.05) is 12.1 Å². The van der Waals surface area contributed by atoms with Gasteiger partial charge in [0.15, 0.2) is 5.78 Å². The van der Waals surface area contributed by atoms with Gasteiger partial charge in [-0.2, -0.15) is 0 Å². The average Bonchev–Trinajstić information content (AvgIpc) is 2.26. The van der Waals surface area contributed by atoms with Crippen LogP contribution in [0.15, 0.2) is 24.3 Å². The fraction of sp³-hybridized carbons (Fsp3) is 0.364. The summed E-state index contributed by atoms with van der Waals surface area (Å²) in [5.41, 5.74) is 6.03. The van der Waals surface area contributed by atoms with Crippen LogP contribution in [0, 0.1) is 0 Å². The Balaban J connectivity index is 2.69. The number of nitrogens with two attached hydrogens (primary N) is 1. The molecule has 0 aliphatic rings. The van der Waals surface area contributed by atoms with Gasteiger partial charge in [-0.3, -0.25) is 4.79 Å². The van der Waals surface area contributed by atoms with Gasteiger partial charge in [0.05, 0.1) is 7.11 Å². The summed E-state index contributed by atoms with van der Waals surface area (Å²) in [6.45, 7) is 0.551. The van der Waals surface area contributed by atoms with E-state index in [2.05, 4.69) is 0 Å². The van der Waals surface area contributed by atoms with Gasteiger partial charge in [-0.25, -0.2) is 0 Å². The molecule has 3 nitrogen and oxygen atoms in total. The Morgan fingerprint density at radius 3 is 2.93 bits per heavy atom. The first-order chi connectivity index (χ1) is 6.77. The van der Waals surface area contributed by atoms with Gasteiger partial charge in [0.2, 0.25) is 0 Å². The first kappa shape index (κ1) is 10.7. The van der Waals surface area contributed by atoms with Crippen LogP contribution in [0.5, 0.6) is 5.75 Å². The SMILES string of the molecule is COc1cccc(C(=O)CCCN)c1.